The van der Waals surface area contributed by atoms with E-state index in [0.29, 0.717) is 6.42 Å². The van der Waals surface area contributed by atoms with E-state index >= 15 is 0 Å². The molecule has 0 aromatic rings. The van der Waals surface area contributed by atoms with Gasteiger partial charge in [-0.3, -0.25) is 4.79 Å². The molecule has 1 amide bonds. The van der Waals surface area contributed by atoms with Crippen LogP contribution in [0.1, 0.15) is 20.3 Å². The van der Waals surface area contributed by atoms with Gasteiger partial charge in [0.05, 0.1) is 7.11 Å². The van der Waals surface area contributed by atoms with Gasteiger partial charge in [-0.25, -0.2) is 9.59 Å². The van der Waals surface area contributed by atoms with Gasteiger partial charge in [0.25, 0.3) is 0 Å². The van der Waals surface area contributed by atoms with Gasteiger partial charge in [0.1, 0.15) is 6.04 Å². The van der Waals surface area contributed by atoms with Crippen LogP contribution in [0.2, 0.25) is 0 Å². The molecule has 0 aliphatic heterocycles. The van der Waals surface area contributed by atoms with Crippen molar-refractivity contribution in [2.24, 2.45) is 5.92 Å². The van der Waals surface area contributed by atoms with Gasteiger partial charge in [-0.2, -0.15) is 0 Å². The summed E-state index contributed by atoms with van der Waals surface area (Å²) < 4.78 is 4.30. The lowest BCUT2D eigenvalue weighted by atomic mass is 10.0. The number of rotatable bonds is 6. The molecule has 0 spiro atoms. The lowest BCUT2D eigenvalue weighted by molar-refractivity contribution is -0.141. The maximum absolute atomic E-state index is 11.3. The molecule has 0 saturated carbocycles. The molecule has 1 atom stereocenters. The van der Waals surface area contributed by atoms with Gasteiger partial charge in [-0.1, -0.05) is 13.8 Å². The van der Waals surface area contributed by atoms with Gasteiger partial charge in [0.2, 0.25) is 5.91 Å². The number of ether oxygens (including phenoxy) is 1. The second kappa shape index (κ2) is 7.43. The highest BCUT2D eigenvalue weighted by atomic mass is 16.5. The third kappa shape index (κ3) is 7.10. The molecule has 2 N–H and O–H groups in total. The Morgan fingerprint density at radius 3 is 2.29 bits per heavy atom. The molecule has 0 heterocycles. The Morgan fingerprint density at radius 1 is 1.29 bits per heavy atom. The van der Waals surface area contributed by atoms with E-state index < -0.39 is 23.9 Å². The molecule has 6 heteroatoms. The lowest BCUT2D eigenvalue weighted by Gasteiger charge is -2.15. The molecule has 0 fully saturated rings. The Labute approximate surface area is 99.6 Å². The number of hydrogen-bond acceptors (Lipinski definition) is 4. The highest BCUT2D eigenvalue weighted by molar-refractivity contribution is 5.96. The summed E-state index contributed by atoms with van der Waals surface area (Å²) >= 11 is 0. The van der Waals surface area contributed by atoms with Crippen LogP contribution >= 0.6 is 0 Å². The van der Waals surface area contributed by atoms with Crippen LogP contribution in [-0.2, 0) is 19.1 Å². The number of carbonyl (C=O) groups is 3. The summed E-state index contributed by atoms with van der Waals surface area (Å²) in [4.78, 5) is 32.8. The van der Waals surface area contributed by atoms with E-state index in [1.165, 1.54) is 7.11 Å². The highest BCUT2D eigenvalue weighted by Gasteiger charge is 2.19. The summed E-state index contributed by atoms with van der Waals surface area (Å²) in [7, 11) is 1.18. The number of methoxy groups -OCH3 is 1. The Balaban J connectivity index is 4.36. The molecule has 0 aromatic carbocycles. The quantitative estimate of drug-likeness (QED) is 0.518. The Hall–Kier alpha value is -1.85. The first-order valence-corrected chi connectivity index (χ1v) is 5.16. The zero-order valence-electron chi connectivity index (χ0n) is 10.1. The first-order chi connectivity index (χ1) is 7.86. The molecule has 0 aliphatic carbocycles. The van der Waals surface area contributed by atoms with Crippen molar-refractivity contribution in [1.29, 1.82) is 0 Å². The van der Waals surface area contributed by atoms with Crippen molar-refractivity contribution >= 4 is 17.8 Å². The van der Waals surface area contributed by atoms with Gasteiger partial charge >= 0.3 is 11.9 Å². The van der Waals surface area contributed by atoms with E-state index in [0.717, 1.165) is 12.2 Å². The smallest absolute Gasteiger partial charge is 0.330 e. The fourth-order valence-corrected chi connectivity index (χ4v) is 1.12. The van der Waals surface area contributed by atoms with E-state index in [2.05, 4.69) is 10.1 Å². The number of amides is 1. The molecule has 96 valence electrons. The number of hydrogen-bond donors (Lipinski definition) is 2. The first kappa shape index (κ1) is 15.2. The number of carboxylic acid groups (broad SMARTS) is 1. The minimum atomic E-state index is -1.10. The second-order valence-corrected chi connectivity index (χ2v) is 3.89. The predicted octanol–water partition coefficient (Wildman–Crippen LogP) is 0.331. The summed E-state index contributed by atoms with van der Waals surface area (Å²) in [5.41, 5.74) is 0. The monoisotopic (exact) mass is 243 g/mol. The fourth-order valence-electron chi connectivity index (χ4n) is 1.12. The fraction of sp³-hybridized carbons (Fsp3) is 0.545. The van der Waals surface area contributed by atoms with Crippen molar-refractivity contribution in [3.63, 3.8) is 0 Å². The molecule has 0 rings (SSSR count). The van der Waals surface area contributed by atoms with Crippen molar-refractivity contribution in [3.05, 3.63) is 12.2 Å². The number of carbonyl (C=O) groups excluding carboxylic acids is 2. The molecular formula is C11H17NO5. The molecule has 0 radical (unpaired) electrons. The topological polar surface area (TPSA) is 92.7 Å². The van der Waals surface area contributed by atoms with Crippen LogP contribution in [0, 0.1) is 5.92 Å². The van der Waals surface area contributed by atoms with Gasteiger partial charge in [0.15, 0.2) is 0 Å². The number of esters is 1. The van der Waals surface area contributed by atoms with E-state index in [-0.39, 0.29) is 5.92 Å². The van der Waals surface area contributed by atoms with E-state index in [1.54, 1.807) is 0 Å². The SMILES string of the molecule is COC(=O)C=CC(=O)N[C@@H](CC(C)C)C(=O)O. The first-order valence-electron chi connectivity index (χ1n) is 5.16. The third-order valence-electron chi connectivity index (χ3n) is 1.89. The van der Waals surface area contributed by atoms with E-state index in [4.69, 9.17) is 5.11 Å². The van der Waals surface area contributed by atoms with Crippen molar-refractivity contribution < 1.29 is 24.2 Å². The van der Waals surface area contributed by atoms with Crippen LogP contribution in [0.5, 0.6) is 0 Å². The number of nitrogens with one attached hydrogen (secondary N) is 1. The second-order valence-electron chi connectivity index (χ2n) is 3.89. The zero-order chi connectivity index (χ0) is 13.4. The summed E-state index contributed by atoms with van der Waals surface area (Å²) in [6.07, 6.45) is 2.21. The summed E-state index contributed by atoms with van der Waals surface area (Å²) in [6.45, 7) is 3.71. The Bertz CT molecular complexity index is 322. The van der Waals surface area contributed by atoms with Gasteiger partial charge in [-0.15, -0.1) is 0 Å². The molecule has 0 saturated heterocycles. The minimum absolute atomic E-state index is 0.140. The Morgan fingerprint density at radius 2 is 1.88 bits per heavy atom. The molecule has 0 bridgehead atoms. The normalized spacial score (nSPS) is 12.5. The van der Waals surface area contributed by atoms with E-state index in [9.17, 15) is 14.4 Å². The molecule has 0 unspecified atom stereocenters. The Kier molecular flexibility index (Phi) is 6.62. The van der Waals surface area contributed by atoms with Crippen LogP contribution in [0.15, 0.2) is 12.2 Å². The average Bonchev–Trinajstić information content (AvgIpc) is 2.24. The van der Waals surface area contributed by atoms with Gasteiger partial charge in [0, 0.05) is 12.2 Å². The van der Waals surface area contributed by atoms with Crippen molar-refractivity contribution in [2.45, 2.75) is 26.3 Å². The van der Waals surface area contributed by atoms with Crippen LogP contribution in [-0.4, -0.2) is 36.1 Å². The van der Waals surface area contributed by atoms with Crippen molar-refractivity contribution in [2.75, 3.05) is 7.11 Å². The van der Waals surface area contributed by atoms with Crippen molar-refractivity contribution in [3.8, 4) is 0 Å². The van der Waals surface area contributed by atoms with Crippen molar-refractivity contribution in [1.82, 2.24) is 5.32 Å². The largest absolute Gasteiger partial charge is 0.480 e. The van der Waals surface area contributed by atoms with E-state index in [1.807, 2.05) is 13.8 Å². The van der Waals surface area contributed by atoms with Crippen LogP contribution in [0.25, 0.3) is 0 Å². The lowest BCUT2D eigenvalue weighted by Crippen LogP contribution is -2.40. The molecule has 0 aromatic heterocycles. The van der Waals surface area contributed by atoms with Crippen LogP contribution < -0.4 is 5.32 Å². The molecule has 17 heavy (non-hydrogen) atoms. The number of carboxylic acids is 1. The zero-order valence-corrected chi connectivity index (χ0v) is 10.1. The standard InChI is InChI=1S/C11H17NO5/c1-7(2)6-8(11(15)16)12-9(13)4-5-10(14)17-3/h4-5,7-8H,6H2,1-3H3,(H,12,13)(H,15,16)/t8-/m0/s1. The summed E-state index contributed by atoms with van der Waals surface area (Å²) in [5, 5.41) is 11.2. The molecule has 6 nitrogen and oxygen atoms in total. The van der Waals surface area contributed by atoms with Gasteiger partial charge < -0.3 is 15.2 Å². The summed E-state index contributed by atoms with van der Waals surface area (Å²) in [5.74, 6) is -2.26. The molecular weight excluding hydrogens is 226 g/mol. The number of aliphatic carboxylic acids is 1. The maximum atomic E-state index is 11.3. The predicted molar refractivity (Wildman–Crippen MR) is 60.2 cm³/mol. The average molecular weight is 243 g/mol. The summed E-state index contributed by atoms with van der Waals surface area (Å²) in [6, 6.07) is -0.954. The molecule has 0 aliphatic rings. The third-order valence-corrected chi connectivity index (χ3v) is 1.89. The van der Waals surface area contributed by atoms with Crippen LogP contribution in [0.4, 0.5) is 0 Å². The van der Waals surface area contributed by atoms with Crippen LogP contribution in [0.3, 0.4) is 0 Å². The highest BCUT2D eigenvalue weighted by Crippen LogP contribution is 2.04. The van der Waals surface area contributed by atoms with Gasteiger partial charge in [-0.05, 0) is 12.3 Å². The maximum Gasteiger partial charge on any atom is 0.330 e. The minimum Gasteiger partial charge on any atom is -0.480 e.